The smallest absolute Gasteiger partial charge is 0.115 e. The number of aryl methyl sites for hydroxylation is 1. The fourth-order valence-corrected chi connectivity index (χ4v) is 1.95. The van der Waals surface area contributed by atoms with Crippen LogP contribution in [0.3, 0.4) is 0 Å². The van der Waals surface area contributed by atoms with Crippen molar-refractivity contribution in [3.63, 3.8) is 0 Å². The lowest BCUT2D eigenvalue weighted by Crippen LogP contribution is -2.13. The molecule has 0 radical (unpaired) electrons. The Kier molecular flexibility index (Phi) is 2.23. The molecule has 1 aliphatic heterocycles. The number of hydrogen-bond donors (Lipinski definition) is 2. The van der Waals surface area contributed by atoms with E-state index >= 15 is 0 Å². The predicted octanol–water partition coefficient (Wildman–Crippen LogP) is 2.13. The fourth-order valence-electron chi connectivity index (χ4n) is 1.95. The first-order valence-corrected chi connectivity index (χ1v) is 4.80. The molecule has 0 spiro atoms. The minimum Gasteiger partial charge on any atom is -0.508 e. The topological polar surface area (TPSA) is 32.3 Å². The largest absolute Gasteiger partial charge is 0.508 e. The molecule has 1 aromatic carbocycles. The van der Waals surface area contributed by atoms with Crippen molar-refractivity contribution in [3.05, 3.63) is 29.3 Å². The molecule has 0 aliphatic carbocycles. The Balaban J connectivity index is 2.32. The summed E-state index contributed by atoms with van der Waals surface area (Å²) in [4.78, 5) is 0. The molecule has 1 aromatic rings. The van der Waals surface area contributed by atoms with Crippen LogP contribution in [0.1, 0.15) is 30.0 Å². The van der Waals surface area contributed by atoms with Gasteiger partial charge in [0.25, 0.3) is 0 Å². The SMILES string of the molecule is Cc1ccc(O)cc1C1CCCN1. The van der Waals surface area contributed by atoms with E-state index in [2.05, 4.69) is 12.2 Å². The van der Waals surface area contributed by atoms with Crippen LogP contribution in [0.25, 0.3) is 0 Å². The standard InChI is InChI=1S/C11H15NO/c1-8-4-5-9(13)7-10(8)11-3-2-6-12-11/h4-5,7,11-13H,2-3,6H2,1H3. The summed E-state index contributed by atoms with van der Waals surface area (Å²) in [7, 11) is 0. The molecule has 2 N–H and O–H groups in total. The van der Waals surface area contributed by atoms with Gasteiger partial charge >= 0.3 is 0 Å². The third kappa shape index (κ3) is 1.68. The first-order valence-electron chi connectivity index (χ1n) is 4.80. The van der Waals surface area contributed by atoms with Crippen LogP contribution >= 0.6 is 0 Å². The molecular formula is C11H15NO. The molecule has 0 amide bonds. The van der Waals surface area contributed by atoms with Crippen LogP contribution in [0.2, 0.25) is 0 Å². The molecule has 2 rings (SSSR count). The summed E-state index contributed by atoms with van der Waals surface area (Å²) in [6, 6.07) is 6.05. The quantitative estimate of drug-likeness (QED) is 0.688. The molecule has 13 heavy (non-hydrogen) atoms. The van der Waals surface area contributed by atoms with Crippen LogP contribution in [0.5, 0.6) is 5.75 Å². The highest BCUT2D eigenvalue weighted by molar-refractivity contribution is 5.36. The van der Waals surface area contributed by atoms with Crippen LogP contribution in [-0.2, 0) is 0 Å². The third-order valence-corrected chi connectivity index (χ3v) is 2.70. The van der Waals surface area contributed by atoms with E-state index in [-0.39, 0.29) is 0 Å². The van der Waals surface area contributed by atoms with Gasteiger partial charge in [-0.1, -0.05) is 6.07 Å². The average Bonchev–Trinajstić information content (AvgIpc) is 2.61. The molecule has 2 heteroatoms. The maximum absolute atomic E-state index is 9.37. The normalized spacial score (nSPS) is 22.1. The maximum atomic E-state index is 9.37. The molecule has 0 bridgehead atoms. The summed E-state index contributed by atoms with van der Waals surface area (Å²) in [5.74, 6) is 0.370. The van der Waals surface area contributed by atoms with Gasteiger partial charge in [-0.2, -0.15) is 0 Å². The van der Waals surface area contributed by atoms with Gasteiger partial charge in [0.15, 0.2) is 0 Å². The minimum absolute atomic E-state index is 0.370. The van der Waals surface area contributed by atoms with Crippen molar-refractivity contribution in [1.82, 2.24) is 5.32 Å². The molecule has 70 valence electrons. The lowest BCUT2D eigenvalue weighted by atomic mass is 10.00. The average molecular weight is 177 g/mol. The Morgan fingerprint density at radius 1 is 1.46 bits per heavy atom. The molecule has 1 unspecified atom stereocenters. The molecule has 2 nitrogen and oxygen atoms in total. The Morgan fingerprint density at radius 3 is 3.00 bits per heavy atom. The van der Waals surface area contributed by atoms with Crippen LogP contribution < -0.4 is 5.32 Å². The second-order valence-corrected chi connectivity index (χ2v) is 3.69. The number of aromatic hydroxyl groups is 1. The minimum atomic E-state index is 0.370. The number of benzene rings is 1. The Morgan fingerprint density at radius 2 is 2.31 bits per heavy atom. The second kappa shape index (κ2) is 3.38. The second-order valence-electron chi connectivity index (χ2n) is 3.69. The van der Waals surface area contributed by atoms with Crippen molar-refractivity contribution >= 4 is 0 Å². The van der Waals surface area contributed by atoms with Gasteiger partial charge in [0.05, 0.1) is 0 Å². The van der Waals surface area contributed by atoms with Gasteiger partial charge in [0.2, 0.25) is 0 Å². The summed E-state index contributed by atoms with van der Waals surface area (Å²) >= 11 is 0. The molecule has 1 atom stereocenters. The highest BCUT2D eigenvalue weighted by Crippen LogP contribution is 2.28. The van der Waals surface area contributed by atoms with Crippen LogP contribution in [0, 0.1) is 6.92 Å². The lowest BCUT2D eigenvalue weighted by Gasteiger charge is -2.13. The van der Waals surface area contributed by atoms with Crippen molar-refractivity contribution in [3.8, 4) is 5.75 Å². The number of nitrogens with one attached hydrogen (secondary N) is 1. The molecule has 0 aromatic heterocycles. The van der Waals surface area contributed by atoms with Gasteiger partial charge in [-0.05, 0) is 49.6 Å². The van der Waals surface area contributed by atoms with Crippen molar-refractivity contribution in [2.75, 3.05) is 6.54 Å². The summed E-state index contributed by atoms with van der Waals surface area (Å²) < 4.78 is 0. The molecule has 1 fully saturated rings. The molecular weight excluding hydrogens is 162 g/mol. The molecule has 1 saturated heterocycles. The van der Waals surface area contributed by atoms with E-state index in [0.29, 0.717) is 11.8 Å². The highest BCUT2D eigenvalue weighted by Gasteiger charge is 2.17. The first kappa shape index (κ1) is 8.57. The Bertz CT molecular complexity index is 303. The molecule has 0 saturated carbocycles. The van der Waals surface area contributed by atoms with Gasteiger partial charge < -0.3 is 10.4 Å². The molecule has 1 heterocycles. The Hall–Kier alpha value is -1.02. The van der Waals surface area contributed by atoms with E-state index < -0.39 is 0 Å². The summed E-state index contributed by atoms with van der Waals surface area (Å²) in [5, 5.41) is 12.8. The van der Waals surface area contributed by atoms with Gasteiger partial charge in [-0.15, -0.1) is 0 Å². The van der Waals surface area contributed by atoms with E-state index in [1.54, 1.807) is 6.07 Å². The van der Waals surface area contributed by atoms with Crippen molar-refractivity contribution < 1.29 is 5.11 Å². The van der Waals surface area contributed by atoms with Crippen molar-refractivity contribution in [2.45, 2.75) is 25.8 Å². The van der Waals surface area contributed by atoms with Gasteiger partial charge in [0, 0.05) is 6.04 Å². The summed E-state index contributed by atoms with van der Waals surface area (Å²) in [5.41, 5.74) is 2.51. The third-order valence-electron chi connectivity index (χ3n) is 2.70. The van der Waals surface area contributed by atoms with E-state index in [1.165, 1.54) is 24.0 Å². The monoisotopic (exact) mass is 177 g/mol. The maximum Gasteiger partial charge on any atom is 0.115 e. The van der Waals surface area contributed by atoms with Crippen LogP contribution in [0.4, 0.5) is 0 Å². The van der Waals surface area contributed by atoms with Gasteiger partial charge in [0.1, 0.15) is 5.75 Å². The number of phenolic OH excluding ortho intramolecular Hbond substituents is 1. The zero-order valence-corrected chi connectivity index (χ0v) is 7.88. The highest BCUT2D eigenvalue weighted by atomic mass is 16.3. The summed E-state index contributed by atoms with van der Waals surface area (Å²) in [6.07, 6.45) is 2.42. The van der Waals surface area contributed by atoms with Crippen molar-refractivity contribution in [1.29, 1.82) is 0 Å². The van der Waals surface area contributed by atoms with Gasteiger partial charge in [-0.3, -0.25) is 0 Å². The zero-order chi connectivity index (χ0) is 9.26. The van der Waals surface area contributed by atoms with E-state index in [0.717, 1.165) is 6.54 Å². The predicted molar refractivity (Wildman–Crippen MR) is 52.8 cm³/mol. The number of rotatable bonds is 1. The zero-order valence-electron chi connectivity index (χ0n) is 7.88. The van der Waals surface area contributed by atoms with E-state index in [1.807, 2.05) is 12.1 Å². The Labute approximate surface area is 78.6 Å². The van der Waals surface area contributed by atoms with Crippen molar-refractivity contribution in [2.24, 2.45) is 0 Å². The number of hydrogen-bond acceptors (Lipinski definition) is 2. The van der Waals surface area contributed by atoms with Crippen LogP contribution in [-0.4, -0.2) is 11.7 Å². The molecule has 1 aliphatic rings. The van der Waals surface area contributed by atoms with E-state index in [9.17, 15) is 5.11 Å². The van der Waals surface area contributed by atoms with Gasteiger partial charge in [-0.25, -0.2) is 0 Å². The van der Waals surface area contributed by atoms with E-state index in [4.69, 9.17) is 0 Å². The van der Waals surface area contributed by atoms with Crippen LogP contribution in [0.15, 0.2) is 18.2 Å². The fraction of sp³-hybridized carbons (Fsp3) is 0.455. The lowest BCUT2D eigenvalue weighted by molar-refractivity contribution is 0.472. The number of phenols is 1. The summed E-state index contributed by atoms with van der Waals surface area (Å²) in [6.45, 7) is 3.19. The first-order chi connectivity index (χ1) is 6.27.